The molecule has 9 heteroatoms. The van der Waals surface area contributed by atoms with Gasteiger partial charge in [0.2, 0.25) is 5.91 Å². The van der Waals surface area contributed by atoms with Gasteiger partial charge in [0.15, 0.2) is 5.16 Å². The number of nitrogens with one attached hydrogen (secondary N) is 1. The number of anilines is 2. The molecule has 0 saturated carbocycles. The Morgan fingerprint density at radius 2 is 1.79 bits per heavy atom. The van der Waals surface area contributed by atoms with Crippen molar-refractivity contribution in [1.82, 2.24) is 15.3 Å². The van der Waals surface area contributed by atoms with Gasteiger partial charge in [-0.05, 0) is 31.5 Å². The predicted octanol–water partition coefficient (Wildman–Crippen LogP) is 3.31. The Morgan fingerprint density at radius 3 is 2.38 bits per heavy atom. The summed E-state index contributed by atoms with van der Waals surface area (Å²) in [4.78, 5) is 20.5. The summed E-state index contributed by atoms with van der Waals surface area (Å²) in [6.07, 6.45) is 0. The van der Waals surface area contributed by atoms with Crippen molar-refractivity contribution in [2.24, 2.45) is 0 Å². The number of hydrogen-bond donors (Lipinski definition) is 3. The Bertz CT molecular complexity index is 738. The van der Waals surface area contributed by atoms with Crippen LogP contribution in [-0.2, 0) is 4.79 Å². The summed E-state index contributed by atoms with van der Waals surface area (Å²) in [5.74, 6) is 0.348. The Balaban J connectivity index is 2.02. The van der Waals surface area contributed by atoms with Crippen molar-refractivity contribution in [1.29, 1.82) is 0 Å². The van der Waals surface area contributed by atoms with Gasteiger partial charge < -0.3 is 16.8 Å². The number of nitrogens with two attached hydrogens (primary N) is 2. The van der Waals surface area contributed by atoms with Crippen LogP contribution in [0, 0.1) is 0 Å². The number of nitrogen functional groups attached to an aromatic ring is 2. The van der Waals surface area contributed by atoms with Crippen LogP contribution >= 0.6 is 35.0 Å². The maximum Gasteiger partial charge on any atom is 0.233 e. The van der Waals surface area contributed by atoms with Crippen molar-refractivity contribution < 1.29 is 4.79 Å². The molecule has 1 aromatic heterocycles. The van der Waals surface area contributed by atoms with E-state index in [0.717, 1.165) is 5.56 Å². The van der Waals surface area contributed by atoms with E-state index in [2.05, 4.69) is 15.3 Å². The van der Waals surface area contributed by atoms with Crippen molar-refractivity contribution in [3.05, 3.63) is 39.9 Å². The Morgan fingerprint density at radius 1 is 1.17 bits per heavy atom. The van der Waals surface area contributed by atoms with Gasteiger partial charge >= 0.3 is 0 Å². The fourth-order valence-corrected chi connectivity index (χ4v) is 3.37. The zero-order valence-corrected chi connectivity index (χ0v) is 15.4. The first-order valence-corrected chi connectivity index (χ1v) is 8.72. The Labute approximate surface area is 154 Å². The molecule has 0 bridgehead atoms. The molecule has 1 amide bonds. The molecule has 1 heterocycles. The lowest BCUT2D eigenvalue weighted by Gasteiger charge is -2.18. The molecule has 6 nitrogen and oxygen atoms in total. The highest BCUT2D eigenvalue weighted by Crippen LogP contribution is 2.27. The number of carbonyl (C=O) groups excluding carboxylic acids is 1. The number of nitrogens with zero attached hydrogens (tertiary/aromatic N) is 2. The minimum atomic E-state index is -0.431. The molecular weight excluding hydrogens is 369 g/mol. The first-order chi connectivity index (χ1) is 11.3. The summed E-state index contributed by atoms with van der Waals surface area (Å²) < 4.78 is 0. The summed E-state index contributed by atoms with van der Waals surface area (Å²) in [6.45, 7) is 3.60. The highest BCUT2D eigenvalue weighted by atomic mass is 35.5. The van der Waals surface area contributed by atoms with E-state index in [0.29, 0.717) is 15.2 Å². The molecule has 24 heavy (non-hydrogen) atoms. The quantitative estimate of drug-likeness (QED) is 0.538. The molecule has 0 unspecified atom stereocenters. The standard InChI is InChI=1S/C15H17Cl2N5OS/c1-7(10-4-3-9(16)5-11(10)17)20-14(23)8(2)24-15-21-12(18)6-13(19)22-15/h3-8H,1-2H3,(H,20,23)(H4,18,19,21,22)/t7-,8+/m1/s1. The highest BCUT2D eigenvalue weighted by molar-refractivity contribution is 8.00. The van der Waals surface area contributed by atoms with E-state index in [1.54, 1.807) is 25.1 Å². The minimum Gasteiger partial charge on any atom is -0.383 e. The summed E-state index contributed by atoms with van der Waals surface area (Å²) in [6, 6.07) is 6.35. The Hall–Kier alpha value is -1.70. The molecule has 0 aliphatic rings. The number of rotatable bonds is 5. The van der Waals surface area contributed by atoms with Crippen LogP contribution < -0.4 is 16.8 Å². The van der Waals surface area contributed by atoms with Crippen molar-refractivity contribution in [3.8, 4) is 0 Å². The van der Waals surface area contributed by atoms with Gasteiger partial charge in [0.05, 0.1) is 11.3 Å². The molecule has 1 aromatic carbocycles. The van der Waals surface area contributed by atoms with Gasteiger partial charge in [-0.25, -0.2) is 9.97 Å². The van der Waals surface area contributed by atoms with Gasteiger partial charge in [-0.15, -0.1) is 0 Å². The highest BCUT2D eigenvalue weighted by Gasteiger charge is 2.20. The second-order valence-electron chi connectivity index (χ2n) is 5.16. The van der Waals surface area contributed by atoms with Gasteiger partial charge in [0, 0.05) is 16.1 Å². The third kappa shape index (κ3) is 4.90. The number of carbonyl (C=O) groups is 1. The van der Waals surface area contributed by atoms with E-state index in [-0.39, 0.29) is 23.6 Å². The zero-order chi connectivity index (χ0) is 17.9. The SMILES string of the molecule is C[C@H](Sc1nc(N)cc(N)n1)C(=O)N[C@H](C)c1ccc(Cl)cc1Cl. The average molecular weight is 386 g/mol. The van der Waals surface area contributed by atoms with E-state index < -0.39 is 5.25 Å². The van der Waals surface area contributed by atoms with Crippen LogP contribution in [0.5, 0.6) is 0 Å². The lowest BCUT2D eigenvalue weighted by Crippen LogP contribution is -2.33. The van der Waals surface area contributed by atoms with Crippen LogP contribution in [0.15, 0.2) is 29.4 Å². The fraction of sp³-hybridized carbons (Fsp3) is 0.267. The van der Waals surface area contributed by atoms with Crippen molar-refractivity contribution in [2.45, 2.75) is 30.3 Å². The molecule has 5 N–H and O–H groups in total. The first kappa shape index (κ1) is 18.6. The van der Waals surface area contributed by atoms with Crippen LogP contribution in [0.3, 0.4) is 0 Å². The van der Waals surface area contributed by atoms with E-state index in [1.807, 2.05) is 6.92 Å². The van der Waals surface area contributed by atoms with Crippen molar-refractivity contribution >= 4 is 52.5 Å². The number of hydrogen-bond acceptors (Lipinski definition) is 6. The molecule has 2 aromatic rings. The van der Waals surface area contributed by atoms with Gasteiger partial charge in [-0.3, -0.25) is 4.79 Å². The van der Waals surface area contributed by atoms with Gasteiger partial charge in [0.25, 0.3) is 0 Å². The molecular formula is C15H17Cl2N5OS. The molecule has 0 fully saturated rings. The third-order valence-electron chi connectivity index (χ3n) is 3.18. The molecule has 128 valence electrons. The number of halogens is 2. The maximum atomic E-state index is 12.4. The smallest absolute Gasteiger partial charge is 0.233 e. The Kier molecular flexibility index (Phi) is 6.15. The number of aromatic nitrogens is 2. The number of thioether (sulfide) groups is 1. The summed E-state index contributed by atoms with van der Waals surface area (Å²) in [7, 11) is 0. The molecule has 2 rings (SSSR count). The topological polar surface area (TPSA) is 107 Å². The van der Waals surface area contributed by atoms with E-state index in [4.69, 9.17) is 34.7 Å². The second kappa shape index (κ2) is 7.92. The van der Waals surface area contributed by atoms with E-state index in [1.165, 1.54) is 17.8 Å². The van der Waals surface area contributed by atoms with Gasteiger partial charge in [-0.1, -0.05) is 41.0 Å². The number of amides is 1. The second-order valence-corrected chi connectivity index (χ2v) is 7.31. The summed E-state index contributed by atoms with van der Waals surface area (Å²) in [5.41, 5.74) is 12.0. The van der Waals surface area contributed by atoms with E-state index in [9.17, 15) is 4.79 Å². The largest absolute Gasteiger partial charge is 0.383 e. The van der Waals surface area contributed by atoms with Crippen LogP contribution in [0.2, 0.25) is 10.0 Å². The van der Waals surface area contributed by atoms with Gasteiger partial charge in [-0.2, -0.15) is 0 Å². The minimum absolute atomic E-state index is 0.178. The van der Waals surface area contributed by atoms with Crippen LogP contribution in [0.4, 0.5) is 11.6 Å². The van der Waals surface area contributed by atoms with Crippen molar-refractivity contribution in [3.63, 3.8) is 0 Å². The average Bonchev–Trinajstić information content (AvgIpc) is 2.45. The van der Waals surface area contributed by atoms with Crippen LogP contribution in [0.1, 0.15) is 25.5 Å². The molecule has 0 aliphatic carbocycles. The predicted molar refractivity (Wildman–Crippen MR) is 99.2 cm³/mol. The third-order valence-corrected chi connectivity index (χ3v) is 4.71. The molecule has 0 radical (unpaired) electrons. The molecule has 2 atom stereocenters. The first-order valence-electron chi connectivity index (χ1n) is 7.08. The van der Waals surface area contributed by atoms with E-state index >= 15 is 0 Å². The fourth-order valence-electron chi connectivity index (χ4n) is 1.99. The molecule has 0 aliphatic heterocycles. The van der Waals surface area contributed by atoms with Gasteiger partial charge in [0.1, 0.15) is 11.6 Å². The maximum absolute atomic E-state index is 12.4. The number of benzene rings is 1. The summed E-state index contributed by atoms with van der Waals surface area (Å²) >= 11 is 13.2. The zero-order valence-electron chi connectivity index (χ0n) is 13.1. The van der Waals surface area contributed by atoms with Crippen molar-refractivity contribution in [2.75, 3.05) is 11.5 Å². The monoisotopic (exact) mass is 385 g/mol. The lowest BCUT2D eigenvalue weighted by molar-refractivity contribution is -0.120. The normalized spacial score (nSPS) is 13.3. The van der Waals surface area contributed by atoms with Crippen LogP contribution in [-0.4, -0.2) is 21.1 Å². The lowest BCUT2D eigenvalue weighted by atomic mass is 10.1. The van der Waals surface area contributed by atoms with Crippen LogP contribution in [0.25, 0.3) is 0 Å². The summed E-state index contributed by atoms with van der Waals surface area (Å²) in [5, 5.41) is 3.87. The molecule has 0 spiro atoms. The molecule has 0 saturated heterocycles.